The number of halogens is 1. The SMILES string of the molecule is CCNC(=NCC1CCCN(C)C1c1ccc(OC)cc1)N1CCC(C(=O)OCC)CC1.I. The van der Waals surface area contributed by atoms with Crippen molar-refractivity contribution in [1.29, 1.82) is 0 Å². The quantitative estimate of drug-likeness (QED) is 0.231. The van der Waals surface area contributed by atoms with Gasteiger partial charge in [-0.3, -0.25) is 14.7 Å². The number of esters is 1. The Hall–Kier alpha value is -1.55. The van der Waals surface area contributed by atoms with Gasteiger partial charge in [0.1, 0.15) is 5.75 Å². The Bertz CT molecular complexity index is 751. The van der Waals surface area contributed by atoms with Crippen LogP contribution in [0.25, 0.3) is 0 Å². The van der Waals surface area contributed by atoms with E-state index in [0.29, 0.717) is 18.6 Å². The van der Waals surface area contributed by atoms with Crippen molar-refractivity contribution in [3.05, 3.63) is 29.8 Å². The molecule has 7 nitrogen and oxygen atoms in total. The maximum absolute atomic E-state index is 12.1. The molecule has 1 N–H and O–H groups in total. The van der Waals surface area contributed by atoms with Crippen molar-refractivity contribution in [3.8, 4) is 5.75 Å². The second-order valence-corrected chi connectivity index (χ2v) is 8.81. The molecule has 2 heterocycles. The van der Waals surface area contributed by atoms with Gasteiger partial charge >= 0.3 is 5.97 Å². The Labute approximate surface area is 216 Å². The summed E-state index contributed by atoms with van der Waals surface area (Å²) >= 11 is 0. The van der Waals surface area contributed by atoms with Gasteiger partial charge in [0.15, 0.2) is 5.96 Å². The molecule has 1 aromatic rings. The number of benzene rings is 1. The topological polar surface area (TPSA) is 66.4 Å². The largest absolute Gasteiger partial charge is 0.497 e. The van der Waals surface area contributed by atoms with Gasteiger partial charge in [-0.15, -0.1) is 24.0 Å². The standard InChI is InChI=1S/C25H40N4O3.HI/c1-5-26-25(29-16-13-20(14-17-29)24(30)32-6-2)27-18-21-8-7-15-28(3)23(21)19-9-11-22(31-4)12-10-19;/h9-12,20-21,23H,5-8,13-18H2,1-4H3,(H,26,27);1H. The zero-order valence-electron chi connectivity index (χ0n) is 20.6. The van der Waals surface area contributed by atoms with E-state index in [9.17, 15) is 4.79 Å². The average molecular weight is 573 g/mol. The summed E-state index contributed by atoms with van der Waals surface area (Å²) in [5.41, 5.74) is 1.33. The summed E-state index contributed by atoms with van der Waals surface area (Å²) in [7, 11) is 3.92. The van der Waals surface area contributed by atoms with Crippen LogP contribution in [0.3, 0.4) is 0 Å². The highest BCUT2D eigenvalue weighted by molar-refractivity contribution is 14.0. The van der Waals surface area contributed by atoms with E-state index in [0.717, 1.165) is 57.3 Å². The first-order chi connectivity index (χ1) is 15.6. The van der Waals surface area contributed by atoms with E-state index in [4.69, 9.17) is 14.5 Å². The first kappa shape index (κ1) is 27.7. The van der Waals surface area contributed by atoms with Gasteiger partial charge in [0.2, 0.25) is 0 Å². The van der Waals surface area contributed by atoms with Crippen molar-refractivity contribution < 1.29 is 14.3 Å². The van der Waals surface area contributed by atoms with Gasteiger partial charge < -0.3 is 19.7 Å². The van der Waals surface area contributed by atoms with E-state index in [2.05, 4.69) is 53.4 Å². The maximum Gasteiger partial charge on any atom is 0.309 e. The molecular weight excluding hydrogens is 531 g/mol. The summed E-state index contributed by atoms with van der Waals surface area (Å²) in [6, 6.07) is 8.84. The molecule has 1 aromatic carbocycles. The molecule has 2 aliphatic rings. The minimum atomic E-state index is -0.0540. The van der Waals surface area contributed by atoms with Gasteiger partial charge in [-0.2, -0.15) is 0 Å². The monoisotopic (exact) mass is 572 g/mol. The van der Waals surface area contributed by atoms with Crippen LogP contribution in [0.4, 0.5) is 0 Å². The highest BCUT2D eigenvalue weighted by Gasteiger charge is 2.31. The summed E-state index contributed by atoms with van der Waals surface area (Å²) in [5.74, 6) is 2.29. The Balaban J connectivity index is 0.00000385. The van der Waals surface area contributed by atoms with Crippen molar-refractivity contribution in [2.24, 2.45) is 16.8 Å². The van der Waals surface area contributed by atoms with Crippen molar-refractivity contribution >= 4 is 35.9 Å². The second kappa shape index (κ2) is 14.0. The maximum atomic E-state index is 12.1. The number of hydrogen-bond donors (Lipinski definition) is 1. The number of methoxy groups -OCH3 is 1. The molecule has 2 atom stereocenters. The highest BCUT2D eigenvalue weighted by Crippen LogP contribution is 2.36. The number of nitrogens with zero attached hydrogens (tertiary/aromatic N) is 3. The molecule has 186 valence electrons. The van der Waals surface area contributed by atoms with Gasteiger partial charge in [-0.25, -0.2) is 0 Å². The Morgan fingerprint density at radius 1 is 1.12 bits per heavy atom. The number of carbonyl (C=O) groups excluding carboxylic acids is 1. The lowest BCUT2D eigenvalue weighted by molar-refractivity contribution is -0.149. The number of rotatable bonds is 7. The number of nitrogens with one attached hydrogen (secondary N) is 1. The van der Waals surface area contributed by atoms with Crippen LogP contribution in [-0.4, -0.2) is 75.2 Å². The van der Waals surface area contributed by atoms with Crippen molar-refractivity contribution in [1.82, 2.24) is 15.1 Å². The van der Waals surface area contributed by atoms with Crippen LogP contribution in [-0.2, 0) is 9.53 Å². The second-order valence-electron chi connectivity index (χ2n) is 8.81. The van der Waals surface area contributed by atoms with Crippen LogP contribution >= 0.6 is 24.0 Å². The van der Waals surface area contributed by atoms with Gasteiger partial charge in [0.05, 0.1) is 19.6 Å². The summed E-state index contributed by atoms with van der Waals surface area (Å²) in [6.07, 6.45) is 4.02. The predicted octanol–water partition coefficient (Wildman–Crippen LogP) is 3.94. The minimum Gasteiger partial charge on any atom is -0.497 e. The summed E-state index contributed by atoms with van der Waals surface area (Å²) in [5, 5.41) is 3.47. The predicted molar refractivity (Wildman–Crippen MR) is 143 cm³/mol. The normalized spacial score (nSPS) is 22.4. The zero-order chi connectivity index (χ0) is 22.9. The van der Waals surface area contributed by atoms with E-state index >= 15 is 0 Å². The molecule has 3 rings (SSSR count). The molecule has 0 aromatic heterocycles. The van der Waals surface area contributed by atoms with Gasteiger partial charge in [0.25, 0.3) is 0 Å². The van der Waals surface area contributed by atoms with Gasteiger partial charge in [-0.05, 0) is 76.7 Å². The van der Waals surface area contributed by atoms with Crippen molar-refractivity contribution in [2.45, 2.75) is 45.6 Å². The third kappa shape index (κ3) is 7.47. The van der Waals surface area contributed by atoms with Crippen LogP contribution in [0.1, 0.15) is 51.1 Å². The molecule has 0 radical (unpaired) electrons. The van der Waals surface area contributed by atoms with Gasteiger partial charge in [0, 0.05) is 32.2 Å². The number of piperidine rings is 2. The molecule has 2 fully saturated rings. The smallest absolute Gasteiger partial charge is 0.309 e. The number of ether oxygens (including phenoxy) is 2. The molecule has 0 bridgehead atoms. The zero-order valence-corrected chi connectivity index (χ0v) is 22.9. The Kier molecular flexibility index (Phi) is 11.7. The first-order valence-electron chi connectivity index (χ1n) is 12.1. The molecular formula is C25H41IN4O3. The molecule has 0 aliphatic carbocycles. The lowest BCUT2D eigenvalue weighted by Crippen LogP contribution is -2.47. The molecule has 33 heavy (non-hydrogen) atoms. The van der Waals surface area contributed by atoms with Crippen LogP contribution in [0.15, 0.2) is 29.3 Å². The molecule has 0 saturated carbocycles. The third-order valence-corrected chi connectivity index (χ3v) is 6.69. The molecule has 0 spiro atoms. The van der Waals surface area contributed by atoms with Crippen LogP contribution < -0.4 is 10.1 Å². The Morgan fingerprint density at radius 3 is 2.42 bits per heavy atom. The van der Waals surface area contributed by atoms with Crippen LogP contribution in [0, 0.1) is 11.8 Å². The summed E-state index contributed by atoms with van der Waals surface area (Å²) in [6.45, 7) is 8.83. The van der Waals surface area contributed by atoms with Crippen molar-refractivity contribution in [3.63, 3.8) is 0 Å². The number of guanidine groups is 1. The van der Waals surface area contributed by atoms with Crippen LogP contribution in [0.2, 0.25) is 0 Å². The third-order valence-electron chi connectivity index (χ3n) is 6.69. The lowest BCUT2D eigenvalue weighted by Gasteiger charge is -2.39. The highest BCUT2D eigenvalue weighted by atomic mass is 127. The summed E-state index contributed by atoms with van der Waals surface area (Å²) in [4.78, 5) is 21.9. The summed E-state index contributed by atoms with van der Waals surface area (Å²) < 4.78 is 10.6. The number of likely N-dealkylation sites (tertiary alicyclic amines) is 2. The molecule has 8 heteroatoms. The first-order valence-corrected chi connectivity index (χ1v) is 12.1. The van der Waals surface area contributed by atoms with E-state index in [1.807, 2.05) is 6.92 Å². The van der Waals surface area contributed by atoms with E-state index < -0.39 is 0 Å². The van der Waals surface area contributed by atoms with Crippen molar-refractivity contribution in [2.75, 3.05) is 53.5 Å². The van der Waals surface area contributed by atoms with E-state index in [1.54, 1.807) is 7.11 Å². The number of carbonyl (C=O) groups is 1. The fourth-order valence-corrected chi connectivity index (χ4v) is 5.00. The number of hydrogen-bond acceptors (Lipinski definition) is 5. The molecule has 2 aliphatic heterocycles. The fraction of sp³-hybridized carbons (Fsp3) is 0.680. The Morgan fingerprint density at radius 2 is 1.82 bits per heavy atom. The molecule has 0 amide bonds. The number of aliphatic imine (C=N–C) groups is 1. The fourth-order valence-electron chi connectivity index (χ4n) is 5.00. The van der Waals surface area contributed by atoms with E-state index in [-0.39, 0.29) is 35.9 Å². The molecule has 2 unspecified atom stereocenters. The lowest BCUT2D eigenvalue weighted by atomic mass is 9.85. The molecule has 2 saturated heterocycles. The average Bonchev–Trinajstić information content (AvgIpc) is 2.82. The van der Waals surface area contributed by atoms with Gasteiger partial charge in [-0.1, -0.05) is 12.1 Å². The van der Waals surface area contributed by atoms with E-state index in [1.165, 1.54) is 18.4 Å². The minimum absolute atomic E-state index is 0. The van der Waals surface area contributed by atoms with Crippen LogP contribution in [0.5, 0.6) is 5.75 Å².